The Morgan fingerprint density at radius 1 is 1.28 bits per heavy atom. The third-order valence-electron chi connectivity index (χ3n) is 4.14. The summed E-state index contributed by atoms with van der Waals surface area (Å²) in [6, 6.07) is 8.06. The van der Waals surface area contributed by atoms with Crippen molar-refractivity contribution in [2.24, 2.45) is 4.99 Å². The van der Waals surface area contributed by atoms with Crippen molar-refractivity contribution in [3.8, 4) is 11.5 Å². The summed E-state index contributed by atoms with van der Waals surface area (Å²) in [4.78, 5) is 9.08. The maximum Gasteiger partial charge on any atom is 0.226 e. The van der Waals surface area contributed by atoms with Gasteiger partial charge >= 0.3 is 0 Å². The normalized spacial score (nSPS) is 12.9. The third kappa shape index (κ3) is 9.62. The fraction of sp³-hybridized carbons (Fsp3) is 0.500. The molecule has 0 aliphatic carbocycles. The van der Waals surface area contributed by atoms with Gasteiger partial charge in [-0.2, -0.15) is 0 Å². The summed E-state index contributed by atoms with van der Waals surface area (Å²) < 4.78 is 28.2. The van der Waals surface area contributed by atoms with E-state index >= 15 is 0 Å². The van der Waals surface area contributed by atoms with E-state index in [2.05, 4.69) is 20.6 Å². The molecule has 1 heterocycles. The largest absolute Gasteiger partial charge is 0.444 e. The van der Waals surface area contributed by atoms with Gasteiger partial charge in [0.25, 0.3) is 0 Å². The quantitative estimate of drug-likeness (QED) is 0.292. The minimum Gasteiger partial charge on any atom is -0.444 e. The predicted octanol–water partition coefficient (Wildman–Crippen LogP) is 3.19. The molecule has 1 aromatic carbocycles. The lowest BCUT2D eigenvalue weighted by Crippen LogP contribution is -2.43. The SMILES string of the molecule is CCNC(=NCCc1coc(-c2ccc(C)cc2)n1)NC(C)CCS(C)(=O)=O.I. The highest BCUT2D eigenvalue weighted by Gasteiger charge is 2.10. The number of nitrogens with one attached hydrogen (secondary N) is 2. The molecule has 7 nitrogen and oxygen atoms in total. The molecule has 1 aromatic heterocycles. The zero-order valence-corrected chi connectivity index (χ0v) is 20.6. The molecule has 2 rings (SSSR count). The summed E-state index contributed by atoms with van der Waals surface area (Å²) >= 11 is 0. The fourth-order valence-electron chi connectivity index (χ4n) is 2.55. The van der Waals surface area contributed by atoms with Crippen LogP contribution in [-0.2, 0) is 16.3 Å². The van der Waals surface area contributed by atoms with Crippen LogP contribution in [0.4, 0.5) is 0 Å². The van der Waals surface area contributed by atoms with E-state index in [1.54, 1.807) is 6.26 Å². The average molecular weight is 534 g/mol. The van der Waals surface area contributed by atoms with E-state index in [0.29, 0.717) is 31.2 Å². The van der Waals surface area contributed by atoms with E-state index < -0.39 is 9.84 Å². The van der Waals surface area contributed by atoms with Gasteiger partial charge in [0, 0.05) is 37.4 Å². The standard InChI is InChI=1S/C20H30N4O3S.HI/c1-5-21-20(23-16(3)11-13-28(4,25)26)22-12-10-18-14-27-19(24-18)17-8-6-15(2)7-9-17;/h6-9,14,16H,5,10-13H2,1-4H3,(H2,21,22,23);1H. The van der Waals surface area contributed by atoms with Crippen LogP contribution in [0.25, 0.3) is 11.5 Å². The van der Waals surface area contributed by atoms with Crippen LogP contribution in [0.5, 0.6) is 0 Å². The second-order valence-corrected chi connectivity index (χ2v) is 9.24. The van der Waals surface area contributed by atoms with Crippen molar-refractivity contribution >= 4 is 39.8 Å². The molecule has 0 radical (unpaired) electrons. The summed E-state index contributed by atoms with van der Waals surface area (Å²) in [7, 11) is -2.96. The first-order valence-electron chi connectivity index (χ1n) is 9.51. The summed E-state index contributed by atoms with van der Waals surface area (Å²) in [6.45, 7) is 7.26. The van der Waals surface area contributed by atoms with Crippen molar-refractivity contribution in [2.45, 2.75) is 39.7 Å². The van der Waals surface area contributed by atoms with Crippen molar-refractivity contribution in [1.29, 1.82) is 0 Å². The topological polar surface area (TPSA) is 96.6 Å². The van der Waals surface area contributed by atoms with E-state index in [0.717, 1.165) is 17.8 Å². The number of hydrogen-bond acceptors (Lipinski definition) is 5. The molecule has 0 aliphatic heterocycles. The van der Waals surface area contributed by atoms with Gasteiger partial charge in [0.15, 0.2) is 5.96 Å². The molecule has 2 aromatic rings. The van der Waals surface area contributed by atoms with E-state index in [9.17, 15) is 8.42 Å². The smallest absolute Gasteiger partial charge is 0.226 e. The highest BCUT2D eigenvalue weighted by molar-refractivity contribution is 14.0. The number of oxazole rings is 1. The molecule has 0 saturated heterocycles. The molecule has 162 valence electrons. The molecule has 0 amide bonds. The third-order valence-corrected chi connectivity index (χ3v) is 5.11. The van der Waals surface area contributed by atoms with Crippen molar-refractivity contribution in [3.63, 3.8) is 0 Å². The first-order chi connectivity index (χ1) is 13.3. The van der Waals surface area contributed by atoms with Crippen LogP contribution in [0.15, 0.2) is 39.9 Å². The van der Waals surface area contributed by atoms with E-state index in [-0.39, 0.29) is 35.8 Å². The Bertz CT molecular complexity index is 879. The molecule has 9 heteroatoms. The molecule has 1 unspecified atom stereocenters. The number of halogens is 1. The number of aryl methyl sites for hydroxylation is 1. The Labute approximate surface area is 190 Å². The summed E-state index contributed by atoms with van der Waals surface area (Å²) in [5.41, 5.74) is 2.99. The monoisotopic (exact) mass is 534 g/mol. The number of rotatable bonds is 9. The number of benzene rings is 1. The van der Waals surface area contributed by atoms with Gasteiger partial charge in [0.1, 0.15) is 16.1 Å². The van der Waals surface area contributed by atoms with Crippen LogP contribution in [-0.4, -0.2) is 50.5 Å². The first-order valence-corrected chi connectivity index (χ1v) is 11.6. The van der Waals surface area contributed by atoms with E-state index in [4.69, 9.17) is 4.42 Å². The zero-order valence-electron chi connectivity index (χ0n) is 17.4. The van der Waals surface area contributed by atoms with Crippen molar-refractivity contribution in [3.05, 3.63) is 41.8 Å². The van der Waals surface area contributed by atoms with E-state index in [1.807, 2.05) is 45.0 Å². The van der Waals surface area contributed by atoms with Gasteiger partial charge in [-0.15, -0.1) is 24.0 Å². The highest BCUT2D eigenvalue weighted by atomic mass is 127. The van der Waals surface area contributed by atoms with Crippen LogP contribution < -0.4 is 10.6 Å². The fourth-order valence-corrected chi connectivity index (χ4v) is 3.33. The van der Waals surface area contributed by atoms with Crippen LogP contribution in [0.2, 0.25) is 0 Å². The van der Waals surface area contributed by atoms with Crippen molar-refractivity contribution in [2.75, 3.05) is 25.1 Å². The molecular formula is C20H31IN4O3S. The second kappa shape index (κ2) is 12.2. The number of aromatic nitrogens is 1. The maximum absolute atomic E-state index is 11.3. The molecule has 2 N–H and O–H groups in total. The number of aliphatic imine (C=N–C) groups is 1. The Hall–Kier alpha value is -1.62. The van der Waals surface area contributed by atoms with Crippen LogP contribution in [0.3, 0.4) is 0 Å². The molecule has 29 heavy (non-hydrogen) atoms. The molecule has 0 aliphatic rings. The zero-order chi connectivity index (χ0) is 20.6. The summed E-state index contributed by atoms with van der Waals surface area (Å²) in [6.07, 6.45) is 4.11. The Morgan fingerprint density at radius 3 is 2.59 bits per heavy atom. The molecular weight excluding hydrogens is 503 g/mol. The second-order valence-electron chi connectivity index (χ2n) is 6.98. The lowest BCUT2D eigenvalue weighted by atomic mass is 10.1. The number of sulfone groups is 1. The molecule has 0 bridgehead atoms. The van der Waals surface area contributed by atoms with Gasteiger partial charge in [-0.05, 0) is 39.3 Å². The van der Waals surface area contributed by atoms with E-state index in [1.165, 1.54) is 11.8 Å². The Morgan fingerprint density at radius 2 is 1.97 bits per heavy atom. The predicted molar refractivity (Wildman–Crippen MR) is 129 cm³/mol. The van der Waals surface area contributed by atoms with Crippen LogP contribution in [0.1, 0.15) is 31.5 Å². The molecule has 0 spiro atoms. The van der Waals surface area contributed by atoms with Crippen molar-refractivity contribution < 1.29 is 12.8 Å². The number of hydrogen-bond donors (Lipinski definition) is 2. The Kier molecular flexibility index (Phi) is 10.7. The van der Waals surface area contributed by atoms with Crippen LogP contribution in [0, 0.1) is 6.92 Å². The maximum atomic E-state index is 11.3. The lowest BCUT2D eigenvalue weighted by Gasteiger charge is -2.17. The first kappa shape index (κ1) is 25.4. The van der Waals surface area contributed by atoms with Gasteiger partial charge < -0.3 is 15.1 Å². The summed E-state index contributed by atoms with van der Waals surface area (Å²) in [5, 5.41) is 6.42. The van der Waals surface area contributed by atoms with Crippen molar-refractivity contribution in [1.82, 2.24) is 15.6 Å². The lowest BCUT2D eigenvalue weighted by molar-refractivity contribution is 0.572. The molecule has 0 fully saturated rings. The van der Waals surface area contributed by atoms with Gasteiger partial charge in [-0.25, -0.2) is 13.4 Å². The number of nitrogens with zero attached hydrogens (tertiary/aromatic N) is 2. The minimum atomic E-state index is -2.96. The Balaban J connectivity index is 0.00000420. The van der Waals surface area contributed by atoms with Gasteiger partial charge in [-0.1, -0.05) is 17.7 Å². The highest BCUT2D eigenvalue weighted by Crippen LogP contribution is 2.19. The molecule has 0 saturated carbocycles. The summed E-state index contributed by atoms with van der Waals surface area (Å²) in [5.74, 6) is 1.44. The van der Waals surface area contributed by atoms with Crippen LogP contribution >= 0.6 is 24.0 Å². The van der Waals surface area contributed by atoms with Gasteiger partial charge in [0.2, 0.25) is 5.89 Å². The minimum absolute atomic E-state index is 0. The van der Waals surface area contributed by atoms with Gasteiger partial charge in [0.05, 0.1) is 11.4 Å². The number of guanidine groups is 1. The molecule has 1 atom stereocenters. The average Bonchev–Trinajstić information content (AvgIpc) is 3.09. The van der Waals surface area contributed by atoms with Gasteiger partial charge in [-0.3, -0.25) is 4.99 Å².